The molecule has 2 rings (SSSR count). The molecule has 1 aliphatic rings. The maximum Gasteiger partial charge on any atom is 0.330 e. The van der Waals surface area contributed by atoms with Crippen molar-refractivity contribution in [1.29, 1.82) is 0 Å². The third-order valence-corrected chi connectivity index (χ3v) is 5.85. The summed E-state index contributed by atoms with van der Waals surface area (Å²) >= 11 is 0. The van der Waals surface area contributed by atoms with Crippen LogP contribution in [0.15, 0.2) is 9.59 Å². The van der Waals surface area contributed by atoms with Crippen LogP contribution in [0.25, 0.3) is 0 Å². The van der Waals surface area contributed by atoms with Gasteiger partial charge in [0.15, 0.2) is 5.69 Å². The van der Waals surface area contributed by atoms with Gasteiger partial charge in [-0.3, -0.25) is 23.9 Å². The van der Waals surface area contributed by atoms with E-state index in [1.165, 1.54) is 22.3 Å². The number of aromatic nitrogens is 2. The van der Waals surface area contributed by atoms with E-state index in [1.807, 2.05) is 20.8 Å². The van der Waals surface area contributed by atoms with Gasteiger partial charge in [-0.1, -0.05) is 52.9 Å². The molecule has 1 aromatic rings. The maximum absolute atomic E-state index is 13.1. The number of carbonyl (C=O) groups excluding carboxylic acids is 2. The predicted molar refractivity (Wildman–Crippen MR) is 127 cm³/mol. The fraction of sp³-hybridized carbons (Fsp3) is 0.739. The summed E-state index contributed by atoms with van der Waals surface area (Å²) < 4.78 is 1.31. The van der Waals surface area contributed by atoms with E-state index >= 15 is 0 Å². The van der Waals surface area contributed by atoms with Crippen molar-refractivity contribution in [2.75, 3.05) is 17.2 Å². The smallest absolute Gasteiger partial charge is 0.330 e. The Kier molecular flexibility index (Phi) is 9.99. The van der Waals surface area contributed by atoms with Crippen LogP contribution in [0.5, 0.6) is 0 Å². The number of nitrogens with one attached hydrogen (secondary N) is 2. The molecule has 9 nitrogen and oxygen atoms in total. The second-order valence-electron chi connectivity index (χ2n) is 9.15. The van der Waals surface area contributed by atoms with Gasteiger partial charge in [0, 0.05) is 32.0 Å². The molecule has 4 N–H and O–H groups in total. The van der Waals surface area contributed by atoms with E-state index in [9.17, 15) is 19.2 Å². The third-order valence-electron chi connectivity index (χ3n) is 5.85. The van der Waals surface area contributed by atoms with Gasteiger partial charge in [0.25, 0.3) is 5.56 Å². The van der Waals surface area contributed by atoms with E-state index in [-0.39, 0.29) is 54.7 Å². The Morgan fingerprint density at radius 3 is 2.41 bits per heavy atom. The van der Waals surface area contributed by atoms with Gasteiger partial charge in [0.1, 0.15) is 5.82 Å². The molecule has 2 amide bonds. The number of anilines is 2. The van der Waals surface area contributed by atoms with E-state index in [0.717, 1.165) is 38.5 Å². The highest BCUT2D eigenvalue weighted by atomic mass is 16.2. The topological polar surface area (TPSA) is 130 Å². The van der Waals surface area contributed by atoms with Crippen LogP contribution in [0, 0.1) is 5.92 Å². The highest BCUT2D eigenvalue weighted by Gasteiger charge is 2.25. The SMILES string of the molecule is CCCCn1c(N)c(N(CC(C)C)C(=O)CCC(=O)NC2CCCCCC2)c(=O)[nH]c1=O. The van der Waals surface area contributed by atoms with Gasteiger partial charge < -0.3 is 16.0 Å². The lowest BCUT2D eigenvalue weighted by Crippen LogP contribution is -2.43. The lowest BCUT2D eigenvalue weighted by Gasteiger charge is -2.26. The molecule has 1 fully saturated rings. The van der Waals surface area contributed by atoms with Gasteiger partial charge in [-0.2, -0.15) is 0 Å². The number of hydrogen-bond acceptors (Lipinski definition) is 5. The summed E-state index contributed by atoms with van der Waals surface area (Å²) in [6, 6.07) is 0.174. The van der Waals surface area contributed by atoms with Crippen molar-refractivity contribution in [2.45, 2.75) is 97.6 Å². The number of nitrogens with two attached hydrogens (primary N) is 1. The average molecular weight is 450 g/mol. The Morgan fingerprint density at radius 2 is 1.81 bits per heavy atom. The zero-order valence-electron chi connectivity index (χ0n) is 19.7. The van der Waals surface area contributed by atoms with Crippen molar-refractivity contribution >= 4 is 23.3 Å². The van der Waals surface area contributed by atoms with E-state index < -0.39 is 11.2 Å². The summed E-state index contributed by atoms with van der Waals surface area (Å²) in [5.41, 5.74) is 4.93. The van der Waals surface area contributed by atoms with Gasteiger partial charge in [0.05, 0.1) is 0 Å². The van der Waals surface area contributed by atoms with Crippen LogP contribution in [0.2, 0.25) is 0 Å². The van der Waals surface area contributed by atoms with Crippen molar-refractivity contribution in [3.05, 3.63) is 20.8 Å². The first-order valence-corrected chi connectivity index (χ1v) is 12.0. The number of nitrogens with zero attached hydrogens (tertiary/aromatic N) is 2. The summed E-state index contributed by atoms with van der Waals surface area (Å²) in [6.07, 6.45) is 8.17. The van der Waals surface area contributed by atoms with Crippen molar-refractivity contribution in [1.82, 2.24) is 14.9 Å². The Morgan fingerprint density at radius 1 is 1.16 bits per heavy atom. The molecule has 0 bridgehead atoms. The number of aromatic amines is 1. The molecule has 32 heavy (non-hydrogen) atoms. The Bertz CT molecular complexity index is 881. The fourth-order valence-electron chi connectivity index (χ4n) is 4.14. The second-order valence-corrected chi connectivity index (χ2v) is 9.15. The lowest BCUT2D eigenvalue weighted by atomic mass is 10.1. The quantitative estimate of drug-likeness (QED) is 0.473. The molecule has 1 saturated carbocycles. The van der Waals surface area contributed by atoms with Crippen molar-refractivity contribution in [2.24, 2.45) is 5.92 Å². The first kappa shape index (κ1) is 25.7. The van der Waals surface area contributed by atoms with Gasteiger partial charge in [0.2, 0.25) is 11.8 Å². The summed E-state index contributed by atoms with van der Waals surface area (Å²) in [5.74, 6) is -0.449. The zero-order valence-corrected chi connectivity index (χ0v) is 19.7. The van der Waals surface area contributed by atoms with Gasteiger partial charge >= 0.3 is 5.69 Å². The molecular formula is C23H39N5O4. The summed E-state index contributed by atoms with van der Waals surface area (Å²) in [7, 11) is 0. The lowest BCUT2D eigenvalue weighted by molar-refractivity contribution is -0.125. The van der Waals surface area contributed by atoms with Crippen molar-refractivity contribution in [3.8, 4) is 0 Å². The monoisotopic (exact) mass is 449 g/mol. The van der Waals surface area contributed by atoms with Gasteiger partial charge in [-0.05, 0) is 25.2 Å². The molecule has 0 unspecified atom stereocenters. The number of unbranched alkanes of at least 4 members (excludes halogenated alkanes) is 1. The Hall–Kier alpha value is -2.58. The molecular weight excluding hydrogens is 410 g/mol. The molecule has 0 aliphatic heterocycles. The molecule has 0 saturated heterocycles. The molecule has 0 radical (unpaired) electrons. The van der Waals surface area contributed by atoms with E-state index in [4.69, 9.17) is 5.73 Å². The Balaban J connectivity index is 2.17. The number of carbonyl (C=O) groups is 2. The Labute approximate surface area is 189 Å². The van der Waals surface area contributed by atoms with Crippen molar-refractivity contribution in [3.63, 3.8) is 0 Å². The molecule has 1 aromatic heterocycles. The second kappa shape index (κ2) is 12.5. The van der Waals surface area contributed by atoms with Gasteiger partial charge in [-0.15, -0.1) is 0 Å². The van der Waals surface area contributed by atoms with E-state index in [2.05, 4.69) is 10.3 Å². The molecule has 0 atom stereocenters. The van der Waals surface area contributed by atoms with Crippen LogP contribution >= 0.6 is 0 Å². The van der Waals surface area contributed by atoms with Crippen LogP contribution in [-0.2, 0) is 16.1 Å². The first-order valence-electron chi connectivity index (χ1n) is 12.0. The number of hydrogen-bond donors (Lipinski definition) is 3. The first-order chi connectivity index (χ1) is 15.2. The molecule has 1 aliphatic carbocycles. The minimum Gasteiger partial charge on any atom is -0.383 e. The van der Waals surface area contributed by atoms with E-state index in [0.29, 0.717) is 6.54 Å². The molecule has 180 valence electrons. The van der Waals surface area contributed by atoms with Crippen LogP contribution in [0.1, 0.15) is 85.0 Å². The van der Waals surface area contributed by atoms with Gasteiger partial charge in [-0.25, -0.2) is 4.79 Å². The predicted octanol–water partition coefficient (Wildman–Crippen LogP) is 2.53. The number of rotatable bonds is 10. The van der Waals surface area contributed by atoms with Crippen molar-refractivity contribution < 1.29 is 9.59 Å². The standard InChI is InChI=1S/C23H39N5O4/c1-4-5-14-27-21(24)20(22(31)26-23(27)32)28(15-16(2)3)19(30)13-12-18(29)25-17-10-8-6-7-9-11-17/h16-17H,4-15,24H2,1-3H3,(H,25,29)(H,26,31,32). The molecule has 0 spiro atoms. The molecule has 0 aromatic carbocycles. The molecule has 9 heteroatoms. The fourth-order valence-corrected chi connectivity index (χ4v) is 4.14. The molecule has 1 heterocycles. The van der Waals surface area contributed by atoms with Crippen LogP contribution in [-0.4, -0.2) is 34.0 Å². The highest BCUT2D eigenvalue weighted by Crippen LogP contribution is 2.21. The van der Waals surface area contributed by atoms with E-state index in [1.54, 1.807) is 0 Å². The summed E-state index contributed by atoms with van der Waals surface area (Å²) in [6.45, 7) is 6.47. The number of amides is 2. The highest BCUT2D eigenvalue weighted by molar-refractivity contribution is 5.97. The number of nitrogen functional groups attached to an aromatic ring is 1. The van der Waals surface area contributed by atoms with Crippen LogP contribution in [0.4, 0.5) is 11.5 Å². The van der Waals surface area contributed by atoms with Crippen LogP contribution in [0.3, 0.4) is 0 Å². The minimum atomic E-state index is -0.683. The third kappa shape index (κ3) is 7.24. The minimum absolute atomic E-state index is 0.0101. The maximum atomic E-state index is 13.1. The normalized spacial score (nSPS) is 14.9. The zero-order chi connectivity index (χ0) is 23.7. The largest absolute Gasteiger partial charge is 0.383 e. The number of H-pyrrole nitrogens is 1. The summed E-state index contributed by atoms with van der Waals surface area (Å²) in [5, 5.41) is 3.05. The van der Waals surface area contributed by atoms with Crippen LogP contribution < -0.4 is 27.2 Å². The average Bonchev–Trinajstić information content (AvgIpc) is 2.99. The summed E-state index contributed by atoms with van der Waals surface area (Å²) in [4.78, 5) is 54.0.